The van der Waals surface area contributed by atoms with Crippen LogP contribution in [-0.4, -0.2) is 152 Å². The van der Waals surface area contributed by atoms with Gasteiger partial charge in [0, 0.05) is 48.3 Å². The smallest absolute Gasteiger partial charge is 0.305 e. The molecule has 0 aliphatic heterocycles. The molecule has 0 aliphatic carbocycles. The van der Waals surface area contributed by atoms with E-state index in [4.69, 9.17) is 22.3 Å². The van der Waals surface area contributed by atoms with Crippen LogP contribution in [0.3, 0.4) is 0 Å². The first-order valence-electron chi connectivity index (χ1n) is 23.9. The third-order valence-electron chi connectivity index (χ3n) is 11.4. The second-order valence-corrected chi connectivity index (χ2v) is 19.4. The molecule has 27 heteroatoms. The van der Waals surface area contributed by atoms with Crippen molar-refractivity contribution in [1.82, 2.24) is 57.5 Å². The van der Waals surface area contributed by atoms with Crippen molar-refractivity contribution in [3.05, 3.63) is 54.2 Å². The number of benzene rings is 1. The Bertz CT molecular complexity index is 2450. The fourth-order valence-electron chi connectivity index (χ4n) is 7.43. The standard InChI is InChI=1S/C47H70N14O12S/c1-23(2)15-33(45(71)57-31(40(50)66)13-14-74-6)59-46(72)35(17-27-20-51-22-54-27)56-37(63)21-53-47(73)39(24(3)4)61-41(67)25(5)55-44(70)34(16-26-19-52-30-10-8-7-9-28(26)30)60-43(69)32(11-12-36(49)62)58-42(68)29(48)18-38(64)65/h7-10,19-20,22-25,29,31-35,39,52H,11-18,21,48H2,1-6H3,(H2,49,62)(H2,50,66)(H,51,54)(H,53,73)(H,55,70)(H,56,63)(H,57,71)(H,58,68)(H,59,72)(H,60,69)(H,61,67)(H,64,65)/t25-,29-,31-,32-,33-,34-,35-,39-/m0/s1. The highest BCUT2D eigenvalue weighted by Crippen LogP contribution is 2.20. The molecular weight excluding hydrogens is 985 g/mol. The first kappa shape index (κ1) is 60.8. The van der Waals surface area contributed by atoms with Gasteiger partial charge in [-0.3, -0.25) is 52.7 Å². The van der Waals surface area contributed by atoms with Crippen LogP contribution in [0.25, 0.3) is 10.9 Å². The SMILES string of the molecule is CSCC[C@H](NC(=O)[C@H](CC(C)C)NC(=O)[C@H](Cc1cnc[nH]1)NC(=O)CNC(=O)[C@@H](NC(=O)[C@H](C)NC(=O)[C@H](Cc1c[nH]c2ccccc12)NC(=O)[C@H](CCC(N)=O)NC(=O)[C@@H](N)CC(=O)O)C(C)C)C(N)=O. The molecule has 2 heterocycles. The fourth-order valence-corrected chi connectivity index (χ4v) is 7.90. The Kier molecular flexibility index (Phi) is 24.5. The first-order chi connectivity index (χ1) is 34.9. The molecule has 0 unspecified atom stereocenters. The minimum absolute atomic E-state index is 0.0864. The van der Waals surface area contributed by atoms with E-state index < -0.39 is 132 Å². The molecule has 10 amide bonds. The molecule has 0 spiro atoms. The zero-order valence-electron chi connectivity index (χ0n) is 42.2. The van der Waals surface area contributed by atoms with E-state index in [9.17, 15) is 52.7 Å². The van der Waals surface area contributed by atoms with Crippen molar-refractivity contribution in [3.8, 4) is 0 Å². The fraction of sp³-hybridized carbons (Fsp3) is 0.532. The number of nitrogens with two attached hydrogens (primary N) is 3. The Morgan fingerprint density at radius 3 is 1.91 bits per heavy atom. The molecule has 0 saturated heterocycles. The number of imidazole rings is 1. The molecule has 3 rings (SSSR count). The van der Waals surface area contributed by atoms with Crippen LogP contribution in [0, 0.1) is 11.8 Å². The van der Waals surface area contributed by atoms with Gasteiger partial charge in [0.2, 0.25) is 59.1 Å². The summed E-state index contributed by atoms with van der Waals surface area (Å²) >= 11 is 1.46. The number of fused-ring (bicyclic) bond motifs is 1. The number of rotatable bonds is 32. The Balaban J connectivity index is 1.75. The number of amides is 10. The van der Waals surface area contributed by atoms with Gasteiger partial charge in [0.05, 0.1) is 25.3 Å². The normalized spacial score (nSPS) is 14.4. The lowest BCUT2D eigenvalue weighted by Gasteiger charge is -2.27. The zero-order chi connectivity index (χ0) is 55.2. The average Bonchev–Trinajstić information content (AvgIpc) is 4.01. The lowest BCUT2D eigenvalue weighted by Crippen LogP contribution is -2.59. The minimum atomic E-state index is -1.56. The molecule has 0 bridgehead atoms. The molecular formula is C47H70N14O12S. The molecule has 0 aliphatic rings. The van der Waals surface area contributed by atoms with Crippen molar-refractivity contribution in [2.24, 2.45) is 29.0 Å². The van der Waals surface area contributed by atoms with Gasteiger partial charge < -0.3 is 74.8 Å². The monoisotopic (exact) mass is 1050 g/mol. The van der Waals surface area contributed by atoms with Gasteiger partial charge in [0.15, 0.2) is 0 Å². The number of hydrogen-bond acceptors (Lipinski definition) is 14. The van der Waals surface area contributed by atoms with Crippen molar-refractivity contribution < 1.29 is 57.8 Å². The molecule has 17 N–H and O–H groups in total. The second kappa shape index (κ2) is 29.8. The molecule has 2 aromatic heterocycles. The van der Waals surface area contributed by atoms with Crippen LogP contribution >= 0.6 is 11.8 Å². The van der Waals surface area contributed by atoms with E-state index in [-0.39, 0.29) is 44.4 Å². The van der Waals surface area contributed by atoms with E-state index in [2.05, 4.69) is 57.5 Å². The summed E-state index contributed by atoms with van der Waals surface area (Å²) < 4.78 is 0. The average molecular weight is 1060 g/mol. The molecule has 0 saturated carbocycles. The summed E-state index contributed by atoms with van der Waals surface area (Å²) in [4.78, 5) is 153. The van der Waals surface area contributed by atoms with E-state index in [1.54, 1.807) is 44.3 Å². The predicted molar refractivity (Wildman–Crippen MR) is 272 cm³/mol. The third kappa shape index (κ3) is 20.2. The molecule has 3 aromatic rings. The summed E-state index contributed by atoms with van der Waals surface area (Å²) in [6.45, 7) is 7.56. The maximum Gasteiger partial charge on any atom is 0.305 e. The third-order valence-corrected chi connectivity index (χ3v) is 12.1. The number of nitrogens with one attached hydrogen (secondary N) is 10. The topological polar surface area (TPSA) is 427 Å². The molecule has 1 aromatic carbocycles. The number of carbonyl (C=O) groups is 11. The van der Waals surface area contributed by atoms with E-state index >= 15 is 0 Å². The highest BCUT2D eigenvalue weighted by Gasteiger charge is 2.34. The summed E-state index contributed by atoms with van der Waals surface area (Å²) in [5.74, 6) is -9.75. The summed E-state index contributed by atoms with van der Waals surface area (Å²) in [7, 11) is 0. The zero-order valence-corrected chi connectivity index (χ0v) is 43.0. The van der Waals surface area contributed by atoms with Crippen LogP contribution in [0.1, 0.15) is 78.0 Å². The van der Waals surface area contributed by atoms with Gasteiger partial charge in [-0.05, 0) is 61.7 Å². The van der Waals surface area contributed by atoms with Crippen molar-refractivity contribution in [1.29, 1.82) is 0 Å². The minimum Gasteiger partial charge on any atom is -0.481 e. The number of thioether (sulfide) groups is 1. The molecule has 406 valence electrons. The Hall–Kier alpha value is -7.55. The number of primary amides is 2. The predicted octanol–water partition coefficient (Wildman–Crippen LogP) is -2.79. The van der Waals surface area contributed by atoms with Crippen molar-refractivity contribution in [2.75, 3.05) is 18.6 Å². The Morgan fingerprint density at radius 1 is 0.689 bits per heavy atom. The number of carboxylic acid groups (broad SMARTS) is 1. The molecule has 0 radical (unpaired) electrons. The van der Waals surface area contributed by atoms with Crippen LogP contribution < -0.4 is 59.7 Å². The number of nitrogens with zero attached hydrogens (tertiary/aromatic N) is 1. The lowest BCUT2D eigenvalue weighted by molar-refractivity contribution is -0.140. The van der Waals surface area contributed by atoms with Crippen molar-refractivity contribution in [3.63, 3.8) is 0 Å². The van der Waals surface area contributed by atoms with Gasteiger partial charge in [-0.25, -0.2) is 4.98 Å². The molecule has 8 atom stereocenters. The summed E-state index contributed by atoms with van der Waals surface area (Å²) in [6, 6.07) is -3.39. The van der Waals surface area contributed by atoms with Gasteiger partial charge in [0.25, 0.3) is 0 Å². The van der Waals surface area contributed by atoms with E-state index in [0.717, 1.165) is 0 Å². The number of carbonyl (C=O) groups excluding carboxylic acids is 10. The van der Waals surface area contributed by atoms with Crippen LogP contribution in [0.4, 0.5) is 0 Å². The molecule has 0 fully saturated rings. The highest BCUT2D eigenvalue weighted by atomic mass is 32.2. The van der Waals surface area contributed by atoms with Gasteiger partial charge >= 0.3 is 5.97 Å². The summed E-state index contributed by atoms with van der Waals surface area (Å²) in [5, 5.41) is 30.1. The van der Waals surface area contributed by atoms with Crippen LogP contribution in [0.2, 0.25) is 0 Å². The maximum absolute atomic E-state index is 14.0. The largest absolute Gasteiger partial charge is 0.481 e. The van der Waals surface area contributed by atoms with Gasteiger partial charge in [-0.2, -0.15) is 11.8 Å². The molecule has 74 heavy (non-hydrogen) atoms. The molecule has 26 nitrogen and oxygen atoms in total. The second-order valence-electron chi connectivity index (χ2n) is 18.4. The van der Waals surface area contributed by atoms with E-state index in [0.29, 0.717) is 27.9 Å². The van der Waals surface area contributed by atoms with Crippen LogP contribution in [0.5, 0.6) is 0 Å². The van der Waals surface area contributed by atoms with Crippen LogP contribution in [-0.2, 0) is 65.6 Å². The van der Waals surface area contributed by atoms with Crippen molar-refractivity contribution >= 4 is 87.7 Å². The number of carboxylic acids is 1. The summed E-state index contributed by atoms with van der Waals surface area (Å²) in [5.41, 5.74) is 18.3. The number of aromatic amines is 2. The maximum atomic E-state index is 14.0. The summed E-state index contributed by atoms with van der Waals surface area (Å²) in [6.07, 6.45) is 4.95. The van der Waals surface area contributed by atoms with Gasteiger partial charge in [0.1, 0.15) is 42.3 Å². The number of para-hydroxylation sites is 1. The number of aromatic nitrogens is 3. The number of H-pyrrole nitrogens is 2. The number of aliphatic carboxylic acids is 1. The van der Waals surface area contributed by atoms with Gasteiger partial charge in [-0.15, -0.1) is 0 Å². The van der Waals surface area contributed by atoms with Crippen LogP contribution in [0.15, 0.2) is 43.0 Å². The first-order valence-corrected chi connectivity index (χ1v) is 25.2. The van der Waals surface area contributed by atoms with Gasteiger partial charge in [-0.1, -0.05) is 45.9 Å². The Morgan fingerprint density at radius 2 is 1.30 bits per heavy atom. The van der Waals surface area contributed by atoms with E-state index in [1.807, 2.05) is 20.1 Å². The Labute approximate surface area is 431 Å². The lowest BCUT2D eigenvalue weighted by atomic mass is 10.0. The van der Waals surface area contributed by atoms with E-state index in [1.165, 1.54) is 31.2 Å². The number of hydrogen-bond donors (Lipinski definition) is 14. The van der Waals surface area contributed by atoms with Crippen molar-refractivity contribution in [2.45, 2.75) is 128 Å². The quantitative estimate of drug-likeness (QED) is 0.0301. The highest BCUT2D eigenvalue weighted by molar-refractivity contribution is 7.98.